The zero-order valence-corrected chi connectivity index (χ0v) is 21.4. The van der Waals surface area contributed by atoms with Crippen molar-refractivity contribution < 1.29 is 27.9 Å². The summed E-state index contributed by atoms with van der Waals surface area (Å²) in [5.41, 5.74) is 10.9. The summed E-state index contributed by atoms with van der Waals surface area (Å²) in [5, 5.41) is 10.1. The average molecular weight is 531 g/mol. The number of anilines is 1. The van der Waals surface area contributed by atoms with E-state index < -0.39 is 17.5 Å². The Hall–Kier alpha value is -3.37. The van der Waals surface area contributed by atoms with Crippen LogP contribution in [0.2, 0.25) is 0 Å². The summed E-state index contributed by atoms with van der Waals surface area (Å²) >= 11 is 0. The molecule has 0 radical (unpaired) electrons. The van der Waals surface area contributed by atoms with E-state index >= 15 is 0 Å². The number of aryl methyl sites for hydroxylation is 2. The van der Waals surface area contributed by atoms with Crippen LogP contribution in [0.4, 0.5) is 18.9 Å². The molecule has 38 heavy (non-hydrogen) atoms. The largest absolute Gasteiger partial charge is 0.497 e. The molecule has 2 unspecified atom stereocenters. The number of amides is 1. The van der Waals surface area contributed by atoms with Crippen LogP contribution in [0, 0.1) is 23.4 Å². The number of hydrogen-bond acceptors (Lipinski definition) is 6. The number of rotatable bonds is 10. The molecule has 7 nitrogen and oxygen atoms in total. The van der Waals surface area contributed by atoms with Gasteiger partial charge in [0, 0.05) is 17.3 Å². The van der Waals surface area contributed by atoms with Crippen LogP contribution < -0.4 is 16.0 Å². The summed E-state index contributed by atoms with van der Waals surface area (Å²) in [6.45, 7) is 1.32. The number of fused-ring (bicyclic) bond motifs is 1. The summed E-state index contributed by atoms with van der Waals surface area (Å²) in [6.07, 6.45) is 6.20. The molecule has 1 saturated heterocycles. The third-order valence-corrected chi connectivity index (χ3v) is 7.46. The highest BCUT2D eigenvalue weighted by Crippen LogP contribution is 2.30. The SMILES string of the molecule is COc1ccc2ncc(N)c(CCCC3CC(C(=O)NO)CCN3CCCc3cc(F)c(F)c(F)c3)c2c1. The smallest absolute Gasteiger partial charge is 0.246 e. The number of hydroxylamine groups is 1. The van der Waals surface area contributed by atoms with Crippen LogP contribution >= 0.6 is 0 Å². The van der Waals surface area contributed by atoms with Crippen LogP contribution in [0.5, 0.6) is 5.75 Å². The minimum atomic E-state index is -1.46. The van der Waals surface area contributed by atoms with E-state index in [2.05, 4.69) is 9.88 Å². The number of ether oxygens (including phenoxy) is 1. The topological polar surface area (TPSA) is 101 Å². The second kappa shape index (κ2) is 12.4. The first kappa shape index (κ1) is 27.7. The lowest BCUT2D eigenvalue weighted by molar-refractivity contribution is -0.135. The molecule has 2 aromatic carbocycles. The van der Waals surface area contributed by atoms with E-state index in [1.54, 1.807) is 18.8 Å². The van der Waals surface area contributed by atoms with Gasteiger partial charge in [0.2, 0.25) is 5.91 Å². The van der Waals surface area contributed by atoms with Gasteiger partial charge in [-0.3, -0.25) is 15.0 Å². The molecule has 0 bridgehead atoms. The van der Waals surface area contributed by atoms with Crippen LogP contribution in [0.25, 0.3) is 10.9 Å². The summed E-state index contributed by atoms with van der Waals surface area (Å²) in [7, 11) is 1.61. The number of halogens is 3. The van der Waals surface area contributed by atoms with Gasteiger partial charge < -0.3 is 15.4 Å². The Bertz CT molecular complexity index is 1270. The van der Waals surface area contributed by atoms with E-state index in [0.29, 0.717) is 56.4 Å². The molecule has 3 aromatic rings. The molecule has 4 rings (SSSR count). The highest BCUT2D eigenvalue weighted by atomic mass is 19.2. The maximum absolute atomic E-state index is 13.6. The number of likely N-dealkylation sites (tertiary alicyclic amines) is 1. The minimum absolute atomic E-state index is 0.0802. The van der Waals surface area contributed by atoms with E-state index in [4.69, 9.17) is 15.7 Å². The Morgan fingerprint density at radius 2 is 1.95 bits per heavy atom. The van der Waals surface area contributed by atoms with E-state index in [9.17, 15) is 18.0 Å². The number of aromatic nitrogens is 1. The Balaban J connectivity index is 1.42. The molecule has 0 aliphatic carbocycles. The number of piperidine rings is 1. The van der Waals surface area contributed by atoms with Gasteiger partial charge in [0.1, 0.15) is 5.75 Å². The fourth-order valence-electron chi connectivity index (χ4n) is 5.42. The number of nitrogen functional groups attached to an aromatic ring is 1. The monoisotopic (exact) mass is 530 g/mol. The first-order valence-corrected chi connectivity index (χ1v) is 12.8. The van der Waals surface area contributed by atoms with Crippen molar-refractivity contribution in [1.82, 2.24) is 15.4 Å². The van der Waals surface area contributed by atoms with E-state index in [-0.39, 0.29) is 17.9 Å². The number of nitrogens with two attached hydrogens (primary N) is 1. The fourth-order valence-corrected chi connectivity index (χ4v) is 5.42. The fraction of sp³-hybridized carbons (Fsp3) is 0.429. The molecule has 1 aliphatic rings. The molecule has 0 spiro atoms. The number of methoxy groups -OCH3 is 1. The number of pyridine rings is 1. The lowest BCUT2D eigenvalue weighted by atomic mass is 9.87. The molecule has 4 N–H and O–H groups in total. The van der Waals surface area contributed by atoms with Crippen LogP contribution in [-0.2, 0) is 17.6 Å². The number of nitrogens with one attached hydrogen (secondary N) is 1. The maximum Gasteiger partial charge on any atom is 0.246 e. The number of hydrogen-bond donors (Lipinski definition) is 3. The molecule has 0 saturated carbocycles. The summed E-state index contributed by atoms with van der Waals surface area (Å²) in [5.74, 6) is -3.79. The molecule has 2 heterocycles. The van der Waals surface area contributed by atoms with E-state index in [1.807, 2.05) is 18.2 Å². The Morgan fingerprint density at radius 1 is 1.18 bits per heavy atom. The number of nitrogens with zero attached hydrogens (tertiary/aromatic N) is 2. The molecule has 1 aliphatic heterocycles. The molecule has 10 heteroatoms. The normalized spacial score (nSPS) is 18.0. The quantitative estimate of drug-likeness (QED) is 0.198. The van der Waals surface area contributed by atoms with Crippen LogP contribution in [-0.4, -0.2) is 47.2 Å². The van der Waals surface area contributed by atoms with Crippen LogP contribution in [0.15, 0.2) is 36.5 Å². The second-order valence-electron chi connectivity index (χ2n) is 9.83. The Labute approximate surface area is 219 Å². The molecular formula is C28H33F3N4O3. The first-order chi connectivity index (χ1) is 18.3. The average Bonchev–Trinajstić information content (AvgIpc) is 2.92. The van der Waals surface area contributed by atoms with Gasteiger partial charge in [-0.25, -0.2) is 18.7 Å². The van der Waals surface area contributed by atoms with Crippen molar-refractivity contribution in [2.24, 2.45) is 5.92 Å². The number of benzene rings is 2. The molecule has 1 fully saturated rings. The lowest BCUT2D eigenvalue weighted by Crippen LogP contribution is -2.46. The third-order valence-electron chi connectivity index (χ3n) is 7.46. The molecular weight excluding hydrogens is 497 g/mol. The molecule has 1 aromatic heterocycles. The van der Waals surface area contributed by atoms with Gasteiger partial charge in [-0.2, -0.15) is 0 Å². The zero-order valence-electron chi connectivity index (χ0n) is 21.4. The predicted molar refractivity (Wildman–Crippen MR) is 138 cm³/mol. The van der Waals surface area contributed by atoms with Crippen LogP contribution in [0.1, 0.15) is 43.2 Å². The predicted octanol–water partition coefficient (Wildman–Crippen LogP) is 4.78. The highest BCUT2D eigenvalue weighted by molar-refractivity contribution is 5.87. The van der Waals surface area contributed by atoms with Gasteiger partial charge in [-0.05, 0) is 99.5 Å². The van der Waals surface area contributed by atoms with Crippen molar-refractivity contribution in [2.75, 3.05) is 25.9 Å². The van der Waals surface area contributed by atoms with Gasteiger partial charge in [-0.15, -0.1) is 0 Å². The van der Waals surface area contributed by atoms with Gasteiger partial charge in [0.15, 0.2) is 17.5 Å². The third kappa shape index (κ3) is 6.36. The van der Waals surface area contributed by atoms with Crippen molar-refractivity contribution >= 4 is 22.5 Å². The standard InChI is InChI=1S/C28H33F3N4O3/c1-38-20-7-8-26-22(15-20)21(25(32)16-33-26)6-2-5-19-14-18(28(36)34-37)9-11-35(19)10-3-4-17-12-23(29)27(31)24(30)13-17/h7-8,12-13,15-16,18-19,37H,2-6,9-11,14,32H2,1H3,(H,34,36). The van der Waals surface area contributed by atoms with Gasteiger partial charge in [0.05, 0.1) is 24.5 Å². The number of carbonyl (C=O) groups is 1. The van der Waals surface area contributed by atoms with Gasteiger partial charge in [0.25, 0.3) is 0 Å². The lowest BCUT2D eigenvalue weighted by Gasteiger charge is -2.39. The molecule has 1 amide bonds. The van der Waals surface area contributed by atoms with Gasteiger partial charge in [-0.1, -0.05) is 0 Å². The van der Waals surface area contributed by atoms with E-state index in [0.717, 1.165) is 47.2 Å². The van der Waals surface area contributed by atoms with Crippen molar-refractivity contribution in [3.8, 4) is 5.75 Å². The molecule has 204 valence electrons. The van der Waals surface area contributed by atoms with Crippen molar-refractivity contribution in [1.29, 1.82) is 0 Å². The maximum atomic E-state index is 13.6. The van der Waals surface area contributed by atoms with Gasteiger partial charge >= 0.3 is 0 Å². The summed E-state index contributed by atoms with van der Waals surface area (Å²) in [6, 6.07) is 7.84. The first-order valence-electron chi connectivity index (χ1n) is 12.8. The highest BCUT2D eigenvalue weighted by Gasteiger charge is 2.31. The second-order valence-corrected chi connectivity index (χ2v) is 9.83. The zero-order chi connectivity index (χ0) is 27.2. The Kier molecular flexibility index (Phi) is 9.06. The minimum Gasteiger partial charge on any atom is -0.497 e. The van der Waals surface area contributed by atoms with Crippen molar-refractivity contribution in [3.05, 3.63) is 65.1 Å². The summed E-state index contributed by atoms with van der Waals surface area (Å²) in [4.78, 5) is 18.8. The molecule has 2 atom stereocenters. The number of carbonyl (C=O) groups excluding carboxylic acids is 1. The summed E-state index contributed by atoms with van der Waals surface area (Å²) < 4.78 is 45.8. The Morgan fingerprint density at radius 3 is 2.66 bits per heavy atom. The van der Waals surface area contributed by atoms with Crippen molar-refractivity contribution in [2.45, 2.75) is 51.0 Å². The van der Waals surface area contributed by atoms with Crippen LogP contribution in [0.3, 0.4) is 0 Å². The van der Waals surface area contributed by atoms with E-state index in [1.165, 1.54) is 0 Å². The van der Waals surface area contributed by atoms with Crippen molar-refractivity contribution in [3.63, 3.8) is 0 Å².